The first-order valence-corrected chi connectivity index (χ1v) is 11.0. The van der Waals surface area contributed by atoms with Gasteiger partial charge in [0, 0.05) is 0 Å². The van der Waals surface area contributed by atoms with Gasteiger partial charge in [-0.25, -0.2) is 4.98 Å². The van der Waals surface area contributed by atoms with E-state index in [0.29, 0.717) is 21.4 Å². The van der Waals surface area contributed by atoms with Crippen molar-refractivity contribution in [2.45, 2.75) is 4.90 Å². The second-order valence-corrected chi connectivity index (χ2v) is 8.71. The van der Waals surface area contributed by atoms with Crippen LogP contribution in [0.5, 0.6) is 5.75 Å². The van der Waals surface area contributed by atoms with E-state index in [-0.39, 0.29) is 10.6 Å². The molecule has 1 N–H and O–H groups in total. The third-order valence-electron chi connectivity index (χ3n) is 4.26. The van der Waals surface area contributed by atoms with E-state index in [2.05, 4.69) is 32.0 Å². The first kappa shape index (κ1) is 19.9. The molecule has 4 aromatic rings. The summed E-state index contributed by atoms with van der Waals surface area (Å²) in [5.41, 5.74) is 2.64. The van der Waals surface area contributed by atoms with Crippen LogP contribution in [0.25, 0.3) is 22.7 Å². The van der Waals surface area contributed by atoms with Gasteiger partial charge in [-0.1, -0.05) is 36.4 Å². The number of fused-ring (bicyclic) bond motifs is 1. The summed E-state index contributed by atoms with van der Waals surface area (Å²) < 4.78 is 30.5. The van der Waals surface area contributed by atoms with Crippen LogP contribution in [0.3, 0.4) is 0 Å². The van der Waals surface area contributed by atoms with Gasteiger partial charge in [0.05, 0.1) is 21.1 Å². The number of hydrogen-bond acceptors (Lipinski definition) is 5. The topological polar surface area (TPSA) is 95.8 Å². The van der Waals surface area contributed by atoms with E-state index in [9.17, 15) is 13.7 Å². The summed E-state index contributed by atoms with van der Waals surface area (Å²) in [6, 6.07) is 22.4. The molecular weight excluding hydrogens is 466 g/mol. The van der Waals surface area contributed by atoms with Gasteiger partial charge in [-0.05, 0) is 64.0 Å². The Bertz CT molecular complexity index is 1370. The number of allylic oxidation sites excluding steroid dienone is 1. The lowest BCUT2D eigenvalue weighted by molar-refractivity contribution is 0.484. The fourth-order valence-corrected chi connectivity index (χ4v) is 4.38. The van der Waals surface area contributed by atoms with Crippen LogP contribution in [0.4, 0.5) is 0 Å². The molecule has 0 atom stereocenters. The van der Waals surface area contributed by atoms with Crippen molar-refractivity contribution in [3.63, 3.8) is 0 Å². The van der Waals surface area contributed by atoms with Crippen molar-refractivity contribution in [2.24, 2.45) is 0 Å². The van der Waals surface area contributed by atoms with Gasteiger partial charge >= 0.3 is 10.1 Å². The molecule has 0 aliphatic rings. The van der Waals surface area contributed by atoms with Gasteiger partial charge in [-0.15, -0.1) is 0 Å². The van der Waals surface area contributed by atoms with E-state index in [1.54, 1.807) is 36.4 Å². The van der Waals surface area contributed by atoms with Gasteiger partial charge in [0.1, 0.15) is 16.8 Å². The van der Waals surface area contributed by atoms with Gasteiger partial charge in [0.25, 0.3) is 0 Å². The van der Waals surface area contributed by atoms with Crippen LogP contribution in [-0.2, 0) is 10.1 Å². The highest BCUT2D eigenvalue weighted by Gasteiger charge is 2.18. The normalized spacial score (nSPS) is 11.9. The fourth-order valence-electron chi connectivity index (χ4n) is 2.83. The zero-order valence-electron chi connectivity index (χ0n) is 15.4. The third-order valence-corrected chi connectivity index (χ3v) is 6.13. The SMILES string of the molecule is N#C/C(=C\c1ccc(OS(=O)(=O)c2ccccc2)c(Br)c1)c1nc2ccccc2[nH]1. The van der Waals surface area contributed by atoms with Crippen molar-refractivity contribution < 1.29 is 12.6 Å². The Morgan fingerprint density at radius 2 is 1.80 bits per heavy atom. The van der Waals surface area contributed by atoms with E-state index >= 15 is 0 Å². The number of H-pyrrole nitrogens is 1. The molecule has 0 unspecified atom stereocenters. The van der Waals surface area contributed by atoms with E-state index in [1.807, 2.05) is 24.3 Å². The van der Waals surface area contributed by atoms with Crippen molar-refractivity contribution in [1.82, 2.24) is 9.97 Å². The van der Waals surface area contributed by atoms with Crippen LogP contribution in [0.1, 0.15) is 11.4 Å². The lowest BCUT2D eigenvalue weighted by Crippen LogP contribution is -2.09. The maximum atomic E-state index is 12.4. The quantitative estimate of drug-likeness (QED) is 0.315. The van der Waals surface area contributed by atoms with Gasteiger partial charge in [-0.3, -0.25) is 0 Å². The Balaban J connectivity index is 1.63. The van der Waals surface area contributed by atoms with E-state index < -0.39 is 10.1 Å². The highest BCUT2D eigenvalue weighted by Crippen LogP contribution is 2.30. The van der Waals surface area contributed by atoms with Gasteiger partial charge in [-0.2, -0.15) is 13.7 Å². The first-order chi connectivity index (χ1) is 14.5. The summed E-state index contributed by atoms with van der Waals surface area (Å²) >= 11 is 3.34. The molecule has 4 rings (SSSR count). The Labute approximate surface area is 181 Å². The van der Waals surface area contributed by atoms with E-state index in [4.69, 9.17) is 4.18 Å². The Hall–Kier alpha value is -3.41. The second kappa shape index (κ2) is 8.14. The number of benzene rings is 3. The van der Waals surface area contributed by atoms with Crippen molar-refractivity contribution in [3.05, 3.63) is 88.7 Å². The summed E-state index contributed by atoms with van der Waals surface area (Å²) in [5.74, 6) is 0.611. The molecule has 8 heteroatoms. The smallest absolute Gasteiger partial charge is 0.339 e. The molecule has 148 valence electrons. The molecule has 0 aliphatic heterocycles. The zero-order valence-corrected chi connectivity index (χ0v) is 17.8. The monoisotopic (exact) mass is 479 g/mol. The predicted molar refractivity (Wildman–Crippen MR) is 118 cm³/mol. The molecule has 0 bridgehead atoms. The molecule has 0 fully saturated rings. The zero-order chi connectivity index (χ0) is 21.1. The van der Waals surface area contributed by atoms with Crippen molar-refractivity contribution in [2.75, 3.05) is 0 Å². The largest absolute Gasteiger partial charge is 0.378 e. The molecule has 0 spiro atoms. The summed E-state index contributed by atoms with van der Waals surface area (Å²) in [5, 5.41) is 9.57. The number of nitrogens with zero attached hydrogens (tertiary/aromatic N) is 2. The lowest BCUT2D eigenvalue weighted by Gasteiger charge is -2.09. The van der Waals surface area contributed by atoms with Gasteiger partial charge in [0.2, 0.25) is 0 Å². The molecule has 0 saturated heterocycles. The molecule has 3 aromatic carbocycles. The number of rotatable bonds is 5. The average molecular weight is 480 g/mol. The number of aromatic amines is 1. The molecule has 0 saturated carbocycles. The maximum absolute atomic E-state index is 12.4. The van der Waals surface area contributed by atoms with Crippen LogP contribution in [-0.4, -0.2) is 18.4 Å². The molecule has 0 radical (unpaired) electrons. The Morgan fingerprint density at radius 1 is 1.07 bits per heavy atom. The number of halogens is 1. The van der Waals surface area contributed by atoms with Crippen LogP contribution in [0, 0.1) is 11.3 Å². The molecule has 6 nitrogen and oxygen atoms in total. The van der Waals surface area contributed by atoms with E-state index in [1.165, 1.54) is 18.2 Å². The molecule has 1 heterocycles. The van der Waals surface area contributed by atoms with Crippen LogP contribution in [0.15, 0.2) is 82.2 Å². The van der Waals surface area contributed by atoms with Gasteiger partial charge < -0.3 is 9.17 Å². The molecule has 30 heavy (non-hydrogen) atoms. The predicted octanol–water partition coefficient (Wildman–Crippen LogP) is 5.16. The minimum absolute atomic E-state index is 0.0672. The molecular formula is C22H14BrN3O3S. The lowest BCUT2D eigenvalue weighted by atomic mass is 10.1. The number of aromatic nitrogens is 2. The number of para-hydroxylation sites is 2. The summed E-state index contributed by atoms with van der Waals surface area (Å²) in [4.78, 5) is 7.63. The Morgan fingerprint density at radius 3 is 2.50 bits per heavy atom. The maximum Gasteiger partial charge on any atom is 0.339 e. The highest BCUT2D eigenvalue weighted by molar-refractivity contribution is 9.10. The van der Waals surface area contributed by atoms with Crippen LogP contribution in [0.2, 0.25) is 0 Å². The summed E-state index contributed by atoms with van der Waals surface area (Å²) in [6.45, 7) is 0. The van der Waals surface area contributed by atoms with E-state index in [0.717, 1.165) is 11.0 Å². The minimum atomic E-state index is -3.95. The highest BCUT2D eigenvalue weighted by atomic mass is 79.9. The number of nitrogens with one attached hydrogen (secondary N) is 1. The molecule has 0 aliphatic carbocycles. The standard InChI is InChI=1S/C22H14BrN3O3S/c23-18-13-15(10-11-21(18)29-30(27,28)17-6-2-1-3-7-17)12-16(14-24)22-25-19-8-4-5-9-20(19)26-22/h1-13H,(H,25,26)/b16-12+. The van der Waals surface area contributed by atoms with Gasteiger partial charge in [0.15, 0.2) is 5.75 Å². The first-order valence-electron chi connectivity index (χ1n) is 8.82. The summed E-state index contributed by atoms with van der Waals surface area (Å²) in [6.07, 6.45) is 1.66. The molecule has 1 aromatic heterocycles. The summed E-state index contributed by atoms with van der Waals surface area (Å²) in [7, 11) is -3.95. The molecule has 0 amide bonds. The van der Waals surface area contributed by atoms with Crippen molar-refractivity contribution in [1.29, 1.82) is 5.26 Å². The number of imidazole rings is 1. The van der Waals surface area contributed by atoms with Crippen molar-refractivity contribution >= 4 is 48.7 Å². The second-order valence-electron chi connectivity index (χ2n) is 6.31. The van der Waals surface area contributed by atoms with Crippen LogP contribution < -0.4 is 4.18 Å². The Kier molecular flexibility index (Phi) is 5.40. The number of nitriles is 1. The minimum Gasteiger partial charge on any atom is -0.378 e. The average Bonchev–Trinajstić information content (AvgIpc) is 3.18. The fraction of sp³-hybridized carbons (Fsp3) is 0. The van der Waals surface area contributed by atoms with Crippen molar-refractivity contribution in [3.8, 4) is 11.8 Å². The number of hydrogen-bond donors (Lipinski definition) is 1. The third kappa shape index (κ3) is 4.13. The van der Waals surface area contributed by atoms with Crippen LogP contribution >= 0.6 is 15.9 Å².